The summed E-state index contributed by atoms with van der Waals surface area (Å²) in [6, 6.07) is 8.82. The van der Waals surface area contributed by atoms with Crippen LogP contribution in [0.1, 0.15) is 31.7 Å². The van der Waals surface area contributed by atoms with E-state index in [0.717, 1.165) is 19.0 Å². The second-order valence-corrected chi connectivity index (χ2v) is 10.7. The van der Waals surface area contributed by atoms with Gasteiger partial charge in [0.25, 0.3) is 0 Å². The van der Waals surface area contributed by atoms with Crippen molar-refractivity contribution in [2.45, 2.75) is 38.0 Å². The summed E-state index contributed by atoms with van der Waals surface area (Å²) in [6.45, 7) is 2.27. The van der Waals surface area contributed by atoms with Crippen LogP contribution in [-0.4, -0.2) is 33.1 Å². The lowest BCUT2D eigenvalue weighted by atomic mass is 10.0. The lowest BCUT2D eigenvalue weighted by Crippen LogP contribution is -2.14. The van der Waals surface area contributed by atoms with Gasteiger partial charge in [-0.25, -0.2) is 18.0 Å². The topological polar surface area (TPSA) is 97.2 Å². The molecule has 4 rings (SSSR count). The van der Waals surface area contributed by atoms with Crippen LogP contribution in [0, 0.1) is 16.4 Å². The van der Waals surface area contributed by atoms with Crippen LogP contribution >= 0.6 is 0 Å². The van der Waals surface area contributed by atoms with Gasteiger partial charge in [0.1, 0.15) is 29.0 Å². The number of benzene rings is 1. The van der Waals surface area contributed by atoms with Gasteiger partial charge in [0.15, 0.2) is 0 Å². The Morgan fingerprint density at radius 1 is 1.15 bits per heavy atom. The Balaban J connectivity index is 1.79. The lowest BCUT2D eigenvalue weighted by Gasteiger charge is -2.18. The Morgan fingerprint density at radius 2 is 1.97 bits per heavy atom. The largest absolute Gasteiger partial charge is 0.493 e. The molecule has 0 unspecified atom stereocenters. The zero-order chi connectivity index (χ0) is 24.3. The number of hydrogen-bond acceptors (Lipinski definition) is 7. The van der Waals surface area contributed by atoms with E-state index in [9.17, 15) is 13.0 Å². The van der Waals surface area contributed by atoms with Crippen LogP contribution in [0.3, 0.4) is 0 Å². The summed E-state index contributed by atoms with van der Waals surface area (Å²) < 4.78 is 60.4. The Kier molecular flexibility index (Phi) is 6.97. The third-order valence-electron chi connectivity index (χ3n) is 5.23. The maximum Gasteiger partial charge on any atom is 0.215 e. The number of rotatable bonds is 2. The van der Waals surface area contributed by atoms with Gasteiger partial charge in [-0.1, -0.05) is 0 Å². The molecule has 0 fully saturated rings. The number of halogens is 2. The molecular formula is C24H26F2N4O3S. The second kappa shape index (κ2) is 9.92. The van der Waals surface area contributed by atoms with Gasteiger partial charge in [0.2, 0.25) is 5.88 Å². The normalized spacial score (nSPS) is 17.9. The predicted octanol–water partition coefficient (Wildman–Crippen LogP) is 5.67. The molecule has 34 heavy (non-hydrogen) atoms. The summed E-state index contributed by atoms with van der Waals surface area (Å²) in [5, 5.41) is 3.04. The molecule has 3 heterocycles. The fourth-order valence-corrected chi connectivity index (χ4v) is 4.55. The van der Waals surface area contributed by atoms with Crippen molar-refractivity contribution in [1.82, 2.24) is 9.97 Å². The lowest BCUT2D eigenvalue weighted by molar-refractivity contribution is 0.194. The van der Waals surface area contributed by atoms with Crippen LogP contribution in [0.15, 0.2) is 42.6 Å². The molecule has 1 aliphatic rings. The first-order chi connectivity index (χ1) is 16.2. The van der Waals surface area contributed by atoms with Gasteiger partial charge < -0.3 is 14.8 Å². The van der Waals surface area contributed by atoms with Crippen molar-refractivity contribution in [1.29, 1.82) is 4.78 Å². The number of hydrogen-bond donors (Lipinski definition) is 2. The molecule has 1 aliphatic heterocycles. The van der Waals surface area contributed by atoms with Crippen LogP contribution in [0.2, 0.25) is 0 Å². The van der Waals surface area contributed by atoms with E-state index in [1.807, 2.05) is 6.92 Å². The van der Waals surface area contributed by atoms with E-state index >= 15 is 0 Å². The Bertz CT molecular complexity index is 1300. The zero-order valence-corrected chi connectivity index (χ0v) is 19.8. The van der Waals surface area contributed by atoms with E-state index in [4.69, 9.17) is 14.3 Å². The highest BCUT2D eigenvalue weighted by Gasteiger charge is 2.16. The molecule has 2 atom stereocenters. The van der Waals surface area contributed by atoms with Crippen LogP contribution < -0.4 is 14.8 Å². The first kappa shape index (κ1) is 23.9. The molecule has 0 aliphatic carbocycles. The number of pyridine rings is 2. The molecule has 0 spiro atoms. The second-order valence-electron chi connectivity index (χ2n) is 8.44. The maximum atomic E-state index is 14.8. The molecule has 4 bridgehead atoms. The monoisotopic (exact) mass is 488 g/mol. The first-order valence-corrected chi connectivity index (χ1v) is 13.0. The maximum absolute atomic E-state index is 14.8. The fourth-order valence-electron chi connectivity index (χ4n) is 3.75. The summed E-state index contributed by atoms with van der Waals surface area (Å²) in [6.07, 6.45) is 4.51. The number of nitrogens with zero attached hydrogens (tertiary/aromatic N) is 2. The molecule has 10 heteroatoms. The van der Waals surface area contributed by atoms with E-state index < -0.39 is 21.4 Å². The van der Waals surface area contributed by atoms with E-state index in [2.05, 4.69) is 15.3 Å². The van der Waals surface area contributed by atoms with E-state index in [1.54, 1.807) is 12.1 Å². The zero-order valence-electron chi connectivity index (χ0n) is 18.9. The van der Waals surface area contributed by atoms with E-state index in [-0.39, 0.29) is 23.2 Å². The molecule has 3 aromatic rings. The van der Waals surface area contributed by atoms with Crippen molar-refractivity contribution in [3.8, 4) is 22.8 Å². The van der Waals surface area contributed by atoms with Gasteiger partial charge in [-0.05, 0) is 56.0 Å². The SMILES string of the molecule is C[C@@H]1CCCCOc2cc(F)ccc2-c2cc(ncc2F)Nc2cc(C[S@](C)(=N)=O)cc(n2)O1. The molecule has 7 nitrogen and oxygen atoms in total. The summed E-state index contributed by atoms with van der Waals surface area (Å²) in [5.74, 6) is 0.223. The standard InChI is InChI=1S/C24H26F2N4O3S/c1-15-5-3-4-8-32-21-11-17(25)6-7-18(21)19-12-22(28-13-20(19)26)29-23-9-16(14-34(2,27)31)10-24(30-23)33-15/h6-7,9-13,15,27H,3-5,8,14H2,1-2H3,(H,28,29,30)/t15-,34-/m1/s1. The van der Waals surface area contributed by atoms with Crippen molar-refractivity contribution < 1.29 is 22.5 Å². The summed E-state index contributed by atoms with van der Waals surface area (Å²) in [5.41, 5.74) is 1.24. The Labute approximate surface area is 197 Å². The van der Waals surface area contributed by atoms with Gasteiger partial charge in [0.05, 0.1) is 24.7 Å². The summed E-state index contributed by atoms with van der Waals surface area (Å²) in [7, 11) is -2.80. The van der Waals surface area contributed by atoms with E-state index in [1.165, 1.54) is 30.5 Å². The average Bonchev–Trinajstić information content (AvgIpc) is 2.73. The molecule has 0 radical (unpaired) electrons. The van der Waals surface area contributed by atoms with Gasteiger partial charge in [0, 0.05) is 39.2 Å². The Hall–Kier alpha value is -3.27. The van der Waals surface area contributed by atoms with Crippen molar-refractivity contribution in [2.75, 3.05) is 18.2 Å². The third kappa shape index (κ3) is 6.19. The third-order valence-corrected chi connectivity index (χ3v) is 6.12. The smallest absolute Gasteiger partial charge is 0.215 e. The van der Waals surface area contributed by atoms with Crippen LogP contribution in [0.25, 0.3) is 11.1 Å². The molecule has 2 aromatic heterocycles. The van der Waals surface area contributed by atoms with Crippen molar-refractivity contribution in [2.24, 2.45) is 0 Å². The van der Waals surface area contributed by atoms with Crippen LogP contribution in [-0.2, 0) is 15.5 Å². The molecule has 1 aromatic carbocycles. The van der Waals surface area contributed by atoms with Crippen molar-refractivity contribution in [3.63, 3.8) is 0 Å². The first-order valence-electron chi connectivity index (χ1n) is 10.9. The highest BCUT2D eigenvalue weighted by molar-refractivity contribution is 7.90. The number of ether oxygens (including phenoxy) is 2. The number of nitrogens with one attached hydrogen (secondary N) is 2. The Morgan fingerprint density at radius 3 is 2.76 bits per heavy atom. The average molecular weight is 489 g/mol. The summed E-state index contributed by atoms with van der Waals surface area (Å²) >= 11 is 0. The highest BCUT2D eigenvalue weighted by Crippen LogP contribution is 2.34. The molecular weight excluding hydrogens is 462 g/mol. The minimum Gasteiger partial charge on any atom is -0.493 e. The molecule has 0 amide bonds. The van der Waals surface area contributed by atoms with Gasteiger partial charge >= 0.3 is 0 Å². The van der Waals surface area contributed by atoms with Crippen molar-refractivity contribution in [3.05, 3.63) is 59.8 Å². The number of anilines is 2. The number of fused-ring (bicyclic) bond motifs is 6. The molecule has 2 N–H and O–H groups in total. The number of aromatic nitrogens is 2. The summed E-state index contributed by atoms with van der Waals surface area (Å²) in [4.78, 5) is 8.58. The molecule has 180 valence electrons. The predicted molar refractivity (Wildman–Crippen MR) is 127 cm³/mol. The molecule has 0 saturated carbocycles. The minimum atomic E-state index is -2.80. The van der Waals surface area contributed by atoms with Gasteiger partial charge in [-0.15, -0.1) is 0 Å². The van der Waals surface area contributed by atoms with E-state index in [0.29, 0.717) is 41.7 Å². The molecule has 0 saturated heterocycles. The van der Waals surface area contributed by atoms with Gasteiger partial charge in [-0.3, -0.25) is 4.78 Å². The van der Waals surface area contributed by atoms with Crippen LogP contribution in [0.4, 0.5) is 20.4 Å². The van der Waals surface area contributed by atoms with Gasteiger partial charge in [-0.2, -0.15) is 4.98 Å². The fraction of sp³-hybridized carbons (Fsp3) is 0.333. The quantitative estimate of drug-likeness (QED) is 0.482. The minimum absolute atomic E-state index is 0.0350. The van der Waals surface area contributed by atoms with Crippen LogP contribution in [0.5, 0.6) is 11.6 Å². The highest BCUT2D eigenvalue weighted by atomic mass is 32.2. The van der Waals surface area contributed by atoms with Crippen molar-refractivity contribution >= 4 is 21.4 Å².